The van der Waals surface area contributed by atoms with E-state index in [1.165, 1.54) is 23.5 Å². The minimum absolute atomic E-state index is 0.101. The minimum atomic E-state index is -4.41. The van der Waals surface area contributed by atoms with Crippen LogP contribution in [0.25, 0.3) is 10.2 Å². The zero-order valence-corrected chi connectivity index (χ0v) is 12.9. The zero-order valence-electron chi connectivity index (χ0n) is 12.1. The van der Waals surface area contributed by atoms with Crippen LogP contribution in [0.4, 0.5) is 18.3 Å². The Balaban J connectivity index is 1.90. The van der Waals surface area contributed by atoms with Crippen LogP contribution in [0.3, 0.4) is 0 Å². The Kier molecular flexibility index (Phi) is 3.89. The quantitative estimate of drug-likeness (QED) is 0.728. The molecular weight excluding hydrogens is 325 g/mol. The monoisotopic (exact) mass is 338 g/mol. The normalized spacial score (nSPS) is 13.2. The summed E-state index contributed by atoms with van der Waals surface area (Å²) >= 11 is 1.30. The third kappa shape index (κ3) is 3.24. The molecule has 3 aromatic rings. The maximum Gasteiger partial charge on any atom is 0.416 e. The average Bonchev–Trinajstić information content (AvgIpc) is 2.85. The van der Waals surface area contributed by atoms with Gasteiger partial charge in [-0.2, -0.15) is 13.2 Å². The predicted octanol–water partition coefficient (Wildman–Crippen LogP) is 5.04. The van der Waals surface area contributed by atoms with Crippen molar-refractivity contribution in [3.05, 3.63) is 53.6 Å². The molecule has 1 heterocycles. The van der Waals surface area contributed by atoms with E-state index in [1.807, 2.05) is 0 Å². The average molecular weight is 338 g/mol. The van der Waals surface area contributed by atoms with Crippen molar-refractivity contribution >= 4 is 26.7 Å². The zero-order chi connectivity index (χ0) is 16.6. The Bertz CT molecular complexity index is 845. The first-order chi connectivity index (χ1) is 10.8. The van der Waals surface area contributed by atoms with Crippen LogP contribution >= 0.6 is 11.3 Å². The van der Waals surface area contributed by atoms with Crippen molar-refractivity contribution in [2.45, 2.75) is 19.2 Å². The van der Waals surface area contributed by atoms with Crippen molar-refractivity contribution in [2.75, 3.05) is 5.73 Å². The Labute approximate surface area is 134 Å². The van der Waals surface area contributed by atoms with Gasteiger partial charge in [0, 0.05) is 5.56 Å². The van der Waals surface area contributed by atoms with E-state index in [4.69, 9.17) is 10.5 Å². The van der Waals surface area contributed by atoms with Crippen molar-refractivity contribution in [1.29, 1.82) is 0 Å². The SMILES string of the molecule is CC(Oc1ccc2nc(N)sc2c1)c1ccccc1C(F)(F)F. The van der Waals surface area contributed by atoms with Gasteiger partial charge in [0.15, 0.2) is 5.13 Å². The van der Waals surface area contributed by atoms with E-state index in [1.54, 1.807) is 31.2 Å². The fourth-order valence-electron chi connectivity index (χ4n) is 2.37. The third-order valence-corrected chi connectivity index (χ3v) is 4.24. The molecule has 0 saturated carbocycles. The topological polar surface area (TPSA) is 48.1 Å². The van der Waals surface area contributed by atoms with Gasteiger partial charge >= 0.3 is 6.18 Å². The molecule has 23 heavy (non-hydrogen) atoms. The number of aromatic nitrogens is 1. The third-order valence-electron chi connectivity index (χ3n) is 3.39. The van der Waals surface area contributed by atoms with Gasteiger partial charge in [-0.15, -0.1) is 0 Å². The van der Waals surface area contributed by atoms with Crippen LogP contribution in [-0.2, 0) is 6.18 Å². The van der Waals surface area contributed by atoms with Gasteiger partial charge in [-0.1, -0.05) is 29.5 Å². The summed E-state index contributed by atoms with van der Waals surface area (Å²) in [7, 11) is 0. The molecule has 1 unspecified atom stereocenters. The van der Waals surface area contributed by atoms with Crippen molar-refractivity contribution in [2.24, 2.45) is 0 Å². The van der Waals surface area contributed by atoms with E-state index in [0.717, 1.165) is 16.3 Å². The minimum Gasteiger partial charge on any atom is -0.486 e. The summed E-state index contributed by atoms with van der Waals surface area (Å²) < 4.78 is 45.8. The number of nitrogens with two attached hydrogens (primary N) is 1. The first-order valence-electron chi connectivity index (χ1n) is 6.83. The molecule has 0 radical (unpaired) electrons. The standard InChI is InChI=1S/C16H13F3N2OS/c1-9(11-4-2-3-5-12(11)16(17,18)19)22-10-6-7-13-14(8-10)23-15(20)21-13/h2-9H,1H3,(H2,20,21). The van der Waals surface area contributed by atoms with Crippen LogP contribution in [0.2, 0.25) is 0 Å². The van der Waals surface area contributed by atoms with Crippen LogP contribution < -0.4 is 10.5 Å². The number of nitrogens with zero attached hydrogens (tertiary/aromatic N) is 1. The van der Waals surface area contributed by atoms with E-state index in [2.05, 4.69) is 4.98 Å². The van der Waals surface area contributed by atoms with Gasteiger partial charge in [0.05, 0.1) is 15.8 Å². The summed E-state index contributed by atoms with van der Waals surface area (Å²) in [6.07, 6.45) is -5.15. The molecule has 0 aliphatic rings. The van der Waals surface area contributed by atoms with E-state index in [9.17, 15) is 13.2 Å². The van der Waals surface area contributed by atoms with Gasteiger partial charge in [0.2, 0.25) is 0 Å². The van der Waals surface area contributed by atoms with Gasteiger partial charge in [0.1, 0.15) is 11.9 Å². The fraction of sp³-hybridized carbons (Fsp3) is 0.188. The second-order valence-corrected chi connectivity index (χ2v) is 6.09. The summed E-state index contributed by atoms with van der Waals surface area (Å²) in [6.45, 7) is 1.59. The number of anilines is 1. The fourth-order valence-corrected chi connectivity index (χ4v) is 3.14. The molecule has 1 atom stereocenters. The van der Waals surface area contributed by atoms with Crippen LogP contribution in [-0.4, -0.2) is 4.98 Å². The van der Waals surface area contributed by atoms with Crippen LogP contribution in [0.15, 0.2) is 42.5 Å². The molecule has 0 amide bonds. The molecule has 0 saturated heterocycles. The molecule has 0 aliphatic carbocycles. The highest BCUT2D eigenvalue weighted by atomic mass is 32.1. The highest BCUT2D eigenvalue weighted by Gasteiger charge is 2.34. The summed E-state index contributed by atoms with van der Waals surface area (Å²) in [5.41, 5.74) is 5.80. The predicted molar refractivity (Wildman–Crippen MR) is 84.5 cm³/mol. The second kappa shape index (κ2) is 5.73. The Morgan fingerprint density at radius 3 is 2.65 bits per heavy atom. The lowest BCUT2D eigenvalue weighted by Crippen LogP contribution is -2.13. The lowest BCUT2D eigenvalue weighted by Gasteiger charge is -2.19. The van der Waals surface area contributed by atoms with Crippen molar-refractivity contribution in [3.8, 4) is 5.75 Å². The second-order valence-electron chi connectivity index (χ2n) is 5.03. The van der Waals surface area contributed by atoms with Crippen molar-refractivity contribution in [3.63, 3.8) is 0 Å². The number of halogens is 3. The number of fused-ring (bicyclic) bond motifs is 1. The molecule has 3 nitrogen and oxygen atoms in total. The number of hydrogen-bond donors (Lipinski definition) is 1. The number of thiazole rings is 1. The summed E-state index contributed by atoms with van der Waals surface area (Å²) in [4.78, 5) is 4.13. The maximum absolute atomic E-state index is 13.1. The maximum atomic E-state index is 13.1. The van der Waals surface area contributed by atoms with E-state index < -0.39 is 17.8 Å². The lowest BCUT2D eigenvalue weighted by atomic mass is 10.0. The van der Waals surface area contributed by atoms with E-state index >= 15 is 0 Å². The molecule has 1 aromatic heterocycles. The Morgan fingerprint density at radius 2 is 1.91 bits per heavy atom. The molecule has 120 valence electrons. The number of benzene rings is 2. The summed E-state index contributed by atoms with van der Waals surface area (Å²) in [6, 6.07) is 10.6. The first kappa shape index (κ1) is 15.6. The summed E-state index contributed by atoms with van der Waals surface area (Å²) in [5.74, 6) is 0.477. The first-order valence-corrected chi connectivity index (χ1v) is 7.65. The van der Waals surface area contributed by atoms with Gasteiger partial charge in [-0.25, -0.2) is 4.98 Å². The number of ether oxygens (including phenoxy) is 1. The highest BCUT2D eigenvalue weighted by Crippen LogP contribution is 2.36. The molecule has 0 fully saturated rings. The molecule has 0 aliphatic heterocycles. The molecule has 2 N–H and O–H groups in total. The largest absolute Gasteiger partial charge is 0.486 e. The number of hydrogen-bond acceptors (Lipinski definition) is 4. The van der Waals surface area contributed by atoms with E-state index in [-0.39, 0.29) is 5.56 Å². The number of alkyl halides is 3. The van der Waals surface area contributed by atoms with Crippen molar-refractivity contribution in [1.82, 2.24) is 4.98 Å². The Morgan fingerprint density at radius 1 is 1.17 bits per heavy atom. The highest BCUT2D eigenvalue weighted by molar-refractivity contribution is 7.22. The van der Waals surface area contributed by atoms with Gasteiger partial charge in [0.25, 0.3) is 0 Å². The van der Waals surface area contributed by atoms with E-state index in [0.29, 0.717) is 10.9 Å². The lowest BCUT2D eigenvalue weighted by molar-refractivity contribution is -0.138. The molecule has 2 aromatic carbocycles. The van der Waals surface area contributed by atoms with Crippen molar-refractivity contribution < 1.29 is 17.9 Å². The van der Waals surface area contributed by atoms with Crippen LogP contribution in [0.1, 0.15) is 24.2 Å². The molecule has 0 spiro atoms. The number of rotatable bonds is 3. The summed E-state index contributed by atoms with van der Waals surface area (Å²) in [5, 5.41) is 0.438. The van der Waals surface area contributed by atoms with Crippen LogP contribution in [0.5, 0.6) is 5.75 Å². The number of nitrogen functional groups attached to an aromatic ring is 1. The van der Waals surface area contributed by atoms with Gasteiger partial charge < -0.3 is 10.5 Å². The molecular formula is C16H13F3N2OS. The van der Waals surface area contributed by atoms with Crippen LogP contribution in [0, 0.1) is 0 Å². The van der Waals surface area contributed by atoms with Gasteiger partial charge in [-0.3, -0.25) is 0 Å². The molecule has 0 bridgehead atoms. The smallest absolute Gasteiger partial charge is 0.416 e. The van der Waals surface area contributed by atoms with Gasteiger partial charge in [-0.05, 0) is 31.2 Å². The molecule has 3 rings (SSSR count). The molecule has 7 heteroatoms. The Hall–Kier alpha value is -2.28.